The van der Waals surface area contributed by atoms with E-state index in [1.165, 1.54) is 11.1 Å². The van der Waals surface area contributed by atoms with Gasteiger partial charge in [-0.1, -0.05) is 24.3 Å². The van der Waals surface area contributed by atoms with Gasteiger partial charge in [-0.15, -0.1) is 23.1 Å². The van der Waals surface area contributed by atoms with Gasteiger partial charge in [0.25, 0.3) is 0 Å². The van der Waals surface area contributed by atoms with Crippen molar-refractivity contribution in [3.63, 3.8) is 0 Å². The molecule has 0 unspecified atom stereocenters. The lowest BCUT2D eigenvalue weighted by atomic mass is 10.0. The molecule has 0 radical (unpaired) electrons. The highest BCUT2D eigenvalue weighted by atomic mass is 32.2. The third-order valence-electron chi connectivity index (χ3n) is 4.90. The highest BCUT2D eigenvalue weighted by Gasteiger charge is 2.18. The first-order valence-corrected chi connectivity index (χ1v) is 11.4. The predicted octanol–water partition coefficient (Wildman–Crippen LogP) is 5.27. The summed E-state index contributed by atoms with van der Waals surface area (Å²) < 4.78 is 5.35. The Morgan fingerprint density at radius 3 is 2.79 bits per heavy atom. The molecule has 148 valence electrons. The normalized spacial score (nSPS) is 12.6. The number of ketones is 1. The Bertz CT molecular complexity index is 1060. The molecule has 0 saturated carbocycles. The molecule has 0 bridgehead atoms. The first-order valence-electron chi connectivity index (χ1n) is 9.55. The molecule has 1 aliphatic rings. The molecule has 1 heterocycles. The van der Waals surface area contributed by atoms with E-state index in [9.17, 15) is 9.59 Å². The predicted molar refractivity (Wildman–Crippen MR) is 116 cm³/mol. The zero-order chi connectivity index (χ0) is 20.2. The number of thioether (sulfide) groups is 1. The molecule has 0 saturated heterocycles. The third-order valence-corrected chi connectivity index (χ3v) is 6.83. The average molecular weight is 424 g/mol. The highest BCUT2D eigenvalue weighted by molar-refractivity contribution is 7.98. The van der Waals surface area contributed by atoms with Crippen LogP contribution in [0.3, 0.4) is 0 Å². The molecule has 1 aliphatic carbocycles. The van der Waals surface area contributed by atoms with Crippen LogP contribution in [-0.4, -0.2) is 23.3 Å². The standard InChI is InChI=1S/C23H21NO3S2/c1-15-24-19(13-28-15)14-29-22-8-3-2-7-20(22)23(26)27-12-21(25)18-10-9-16-5-4-6-17(16)11-18/h2-3,7-11,13H,4-6,12,14H2,1H3. The van der Waals surface area contributed by atoms with Crippen molar-refractivity contribution in [3.05, 3.63) is 80.8 Å². The van der Waals surface area contributed by atoms with Gasteiger partial charge in [0.1, 0.15) is 0 Å². The number of carbonyl (C=O) groups is 2. The number of fused-ring (bicyclic) bond motifs is 1. The molecular weight excluding hydrogens is 402 g/mol. The quantitative estimate of drug-likeness (QED) is 0.294. The lowest BCUT2D eigenvalue weighted by Gasteiger charge is -2.09. The zero-order valence-electron chi connectivity index (χ0n) is 16.1. The van der Waals surface area contributed by atoms with Crippen LogP contribution in [0.25, 0.3) is 0 Å². The van der Waals surface area contributed by atoms with Crippen molar-refractivity contribution in [2.24, 2.45) is 0 Å². The molecule has 0 atom stereocenters. The number of carbonyl (C=O) groups excluding carboxylic acids is 2. The van der Waals surface area contributed by atoms with E-state index in [-0.39, 0.29) is 12.4 Å². The monoisotopic (exact) mass is 423 g/mol. The highest BCUT2D eigenvalue weighted by Crippen LogP contribution is 2.27. The fraction of sp³-hybridized carbons (Fsp3) is 0.261. The first kappa shape index (κ1) is 19.9. The molecule has 0 fully saturated rings. The van der Waals surface area contributed by atoms with Crippen molar-refractivity contribution in [3.8, 4) is 0 Å². The fourth-order valence-corrected chi connectivity index (χ4v) is 5.08. The van der Waals surface area contributed by atoms with Crippen molar-refractivity contribution >= 4 is 34.9 Å². The minimum Gasteiger partial charge on any atom is -0.454 e. The lowest BCUT2D eigenvalue weighted by Crippen LogP contribution is -2.15. The van der Waals surface area contributed by atoms with E-state index >= 15 is 0 Å². The van der Waals surface area contributed by atoms with E-state index < -0.39 is 5.97 Å². The number of benzene rings is 2. The van der Waals surface area contributed by atoms with Crippen LogP contribution in [0.5, 0.6) is 0 Å². The molecule has 0 N–H and O–H groups in total. The SMILES string of the molecule is Cc1nc(CSc2ccccc2C(=O)OCC(=O)c2ccc3c(c2)CCC3)cs1. The van der Waals surface area contributed by atoms with Crippen LogP contribution < -0.4 is 0 Å². The Morgan fingerprint density at radius 2 is 1.97 bits per heavy atom. The second kappa shape index (κ2) is 8.93. The first-order chi connectivity index (χ1) is 14.1. The number of nitrogens with zero attached hydrogens (tertiary/aromatic N) is 1. The number of Topliss-reactive ketones (excluding diaryl/α,β-unsaturated/α-hetero) is 1. The second-order valence-corrected chi connectivity index (χ2v) is 9.06. The maximum absolute atomic E-state index is 12.6. The Morgan fingerprint density at radius 1 is 1.14 bits per heavy atom. The molecule has 6 heteroatoms. The Labute approximate surface area is 178 Å². The summed E-state index contributed by atoms with van der Waals surface area (Å²) in [6.07, 6.45) is 3.23. The smallest absolute Gasteiger partial charge is 0.339 e. The number of esters is 1. The van der Waals surface area contributed by atoms with E-state index in [0.717, 1.165) is 34.9 Å². The van der Waals surface area contributed by atoms with Gasteiger partial charge in [-0.05, 0) is 55.5 Å². The van der Waals surface area contributed by atoms with Gasteiger partial charge in [0.2, 0.25) is 0 Å². The Hall–Kier alpha value is -2.44. The van der Waals surface area contributed by atoms with E-state index in [2.05, 4.69) is 4.98 Å². The van der Waals surface area contributed by atoms with Crippen LogP contribution in [0.15, 0.2) is 52.7 Å². The van der Waals surface area contributed by atoms with Crippen LogP contribution in [-0.2, 0) is 23.3 Å². The molecule has 0 amide bonds. The van der Waals surface area contributed by atoms with E-state index in [1.54, 1.807) is 35.2 Å². The van der Waals surface area contributed by atoms with Crippen LogP contribution in [0.2, 0.25) is 0 Å². The fourth-order valence-electron chi connectivity index (χ4n) is 3.42. The van der Waals surface area contributed by atoms with Crippen molar-refractivity contribution in [2.75, 3.05) is 6.61 Å². The van der Waals surface area contributed by atoms with Gasteiger partial charge in [0, 0.05) is 21.6 Å². The van der Waals surface area contributed by atoms with E-state index in [0.29, 0.717) is 16.9 Å². The van der Waals surface area contributed by atoms with Gasteiger partial charge in [-0.2, -0.15) is 0 Å². The van der Waals surface area contributed by atoms with Gasteiger partial charge >= 0.3 is 5.97 Å². The summed E-state index contributed by atoms with van der Waals surface area (Å²) >= 11 is 3.16. The molecular formula is C23H21NO3S2. The number of aryl methyl sites for hydroxylation is 3. The van der Waals surface area contributed by atoms with Crippen LogP contribution >= 0.6 is 23.1 Å². The molecule has 2 aromatic carbocycles. The largest absolute Gasteiger partial charge is 0.454 e. The van der Waals surface area contributed by atoms with Gasteiger partial charge < -0.3 is 4.74 Å². The summed E-state index contributed by atoms with van der Waals surface area (Å²) in [5, 5.41) is 3.05. The van der Waals surface area contributed by atoms with Gasteiger partial charge in [0.05, 0.1) is 16.3 Å². The topological polar surface area (TPSA) is 56.3 Å². The molecule has 3 aromatic rings. The number of rotatable bonds is 7. The summed E-state index contributed by atoms with van der Waals surface area (Å²) in [6.45, 7) is 1.73. The third kappa shape index (κ3) is 4.77. The van der Waals surface area contributed by atoms with Crippen molar-refractivity contribution in [2.45, 2.75) is 36.8 Å². The average Bonchev–Trinajstić information content (AvgIpc) is 3.38. The summed E-state index contributed by atoms with van der Waals surface area (Å²) in [6, 6.07) is 13.1. The molecule has 4 nitrogen and oxygen atoms in total. The minimum atomic E-state index is -0.475. The van der Waals surface area contributed by atoms with Crippen LogP contribution in [0, 0.1) is 6.92 Å². The number of aromatic nitrogens is 1. The zero-order valence-corrected chi connectivity index (χ0v) is 17.8. The summed E-state index contributed by atoms with van der Waals surface area (Å²) in [5.74, 6) is 0.0380. The van der Waals surface area contributed by atoms with Crippen molar-refractivity contribution in [1.82, 2.24) is 4.98 Å². The summed E-state index contributed by atoms with van der Waals surface area (Å²) in [5.41, 5.74) is 4.64. The molecule has 1 aromatic heterocycles. The van der Waals surface area contributed by atoms with Gasteiger partial charge in [0.15, 0.2) is 12.4 Å². The number of thiazole rings is 1. The molecule has 0 aliphatic heterocycles. The maximum Gasteiger partial charge on any atom is 0.339 e. The van der Waals surface area contributed by atoms with E-state index in [1.807, 2.05) is 42.6 Å². The Kier molecular flexibility index (Phi) is 6.11. The van der Waals surface area contributed by atoms with E-state index in [4.69, 9.17) is 4.74 Å². The Balaban J connectivity index is 1.38. The minimum absolute atomic E-state index is 0.170. The van der Waals surface area contributed by atoms with Crippen LogP contribution in [0.4, 0.5) is 0 Å². The van der Waals surface area contributed by atoms with Crippen molar-refractivity contribution in [1.29, 1.82) is 0 Å². The molecule has 4 rings (SSSR count). The molecule has 0 spiro atoms. The maximum atomic E-state index is 12.6. The summed E-state index contributed by atoms with van der Waals surface area (Å²) in [7, 11) is 0. The number of hydrogen-bond acceptors (Lipinski definition) is 6. The van der Waals surface area contributed by atoms with Gasteiger partial charge in [-0.25, -0.2) is 9.78 Å². The second-order valence-electron chi connectivity index (χ2n) is 6.98. The number of hydrogen-bond donors (Lipinski definition) is 0. The van der Waals surface area contributed by atoms with Crippen LogP contribution in [0.1, 0.15) is 49.0 Å². The molecule has 29 heavy (non-hydrogen) atoms. The van der Waals surface area contributed by atoms with Gasteiger partial charge in [-0.3, -0.25) is 4.79 Å². The summed E-state index contributed by atoms with van der Waals surface area (Å²) in [4.78, 5) is 30.4. The lowest BCUT2D eigenvalue weighted by molar-refractivity contribution is 0.0471. The van der Waals surface area contributed by atoms with Crippen molar-refractivity contribution < 1.29 is 14.3 Å². The number of ether oxygens (including phenoxy) is 1.